The highest BCUT2D eigenvalue weighted by molar-refractivity contribution is 6.30. The van der Waals surface area contributed by atoms with Gasteiger partial charge in [-0.25, -0.2) is 14.1 Å². The molecule has 3 aromatic rings. The third-order valence-corrected chi connectivity index (χ3v) is 3.47. The number of ether oxygens (including phenoxy) is 1. The average Bonchev–Trinajstić information content (AvgIpc) is 3.11. The lowest BCUT2D eigenvalue weighted by atomic mass is 10.1. The lowest BCUT2D eigenvalue weighted by molar-refractivity contribution is 0.0253. The van der Waals surface area contributed by atoms with E-state index in [4.69, 9.17) is 16.3 Å². The van der Waals surface area contributed by atoms with E-state index >= 15 is 0 Å². The maximum atomic E-state index is 14.1. The number of rotatable bonds is 5. The van der Waals surface area contributed by atoms with Gasteiger partial charge >= 0.3 is 0 Å². The van der Waals surface area contributed by atoms with E-state index in [0.29, 0.717) is 22.1 Å². The summed E-state index contributed by atoms with van der Waals surface area (Å²) in [4.78, 5) is 3.66. The van der Waals surface area contributed by atoms with Crippen LogP contribution in [0.1, 0.15) is 18.0 Å². The van der Waals surface area contributed by atoms with Crippen molar-refractivity contribution in [1.82, 2.24) is 14.8 Å². The quantitative estimate of drug-likeness (QED) is 0.768. The molecule has 3 rings (SSSR count). The molecule has 0 bridgehead atoms. The average molecular weight is 334 g/mol. The Bertz CT molecular complexity index is 748. The van der Waals surface area contributed by atoms with Gasteiger partial charge in [-0.05, 0) is 42.0 Å². The van der Waals surface area contributed by atoms with Crippen LogP contribution < -0.4 is 4.74 Å². The summed E-state index contributed by atoms with van der Waals surface area (Å²) in [7, 11) is 0. The Hall–Kier alpha value is -2.44. The zero-order valence-corrected chi connectivity index (χ0v) is 12.6. The molecule has 0 aliphatic rings. The third kappa shape index (κ3) is 3.67. The van der Waals surface area contributed by atoms with Crippen LogP contribution in [0.5, 0.6) is 11.5 Å². The largest absolute Gasteiger partial charge is 0.457 e. The molecule has 0 saturated heterocycles. The number of halogens is 2. The Balaban J connectivity index is 1.70. The van der Waals surface area contributed by atoms with E-state index in [9.17, 15) is 9.50 Å². The standard InChI is InChI=1S/C16H13ClFN3O2/c17-12-3-7-14(8-4-12)23-13-5-1-11(2-6-13)15(22)16(18)21-10-19-9-20-21/h1-10,15-16,22H. The van der Waals surface area contributed by atoms with E-state index in [1.54, 1.807) is 48.5 Å². The Morgan fingerprint density at radius 3 is 2.22 bits per heavy atom. The van der Waals surface area contributed by atoms with Gasteiger partial charge in [0.15, 0.2) is 0 Å². The van der Waals surface area contributed by atoms with E-state index in [0.717, 1.165) is 4.68 Å². The van der Waals surface area contributed by atoms with Crippen LogP contribution in [0.15, 0.2) is 61.2 Å². The summed E-state index contributed by atoms with van der Waals surface area (Å²) in [5, 5.41) is 14.4. The van der Waals surface area contributed by atoms with E-state index in [-0.39, 0.29) is 0 Å². The molecular weight excluding hydrogens is 321 g/mol. The van der Waals surface area contributed by atoms with Crippen LogP contribution in [-0.4, -0.2) is 19.9 Å². The van der Waals surface area contributed by atoms with Crippen molar-refractivity contribution < 1.29 is 14.2 Å². The number of aliphatic hydroxyl groups is 1. The molecule has 7 heteroatoms. The summed E-state index contributed by atoms with van der Waals surface area (Å²) in [5.41, 5.74) is 0.413. The zero-order chi connectivity index (χ0) is 16.2. The highest BCUT2D eigenvalue weighted by Crippen LogP contribution is 2.29. The second-order valence-electron chi connectivity index (χ2n) is 4.82. The fourth-order valence-electron chi connectivity index (χ4n) is 2.02. The van der Waals surface area contributed by atoms with Crippen LogP contribution in [0.25, 0.3) is 0 Å². The van der Waals surface area contributed by atoms with Gasteiger partial charge in [0.1, 0.15) is 30.3 Å². The molecule has 2 unspecified atom stereocenters. The third-order valence-electron chi connectivity index (χ3n) is 3.22. The Morgan fingerprint density at radius 2 is 1.65 bits per heavy atom. The summed E-state index contributed by atoms with van der Waals surface area (Å²) in [6.07, 6.45) is -0.629. The normalized spacial score (nSPS) is 13.5. The summed E-state index contributed by atoms with van der Waals surface area (Å²) >= 11 is 5.81. The number of hydrogen-bond donors (Lipinski definition) is 1. The lowest BCUT2D eigenvalue weighted by Gasteiger charge is -2.16. The van der Waals surface area contributed by atoms with Gasteiger partial charge in [0, 0.05) is 5.02 Å². The molecule has 23 heavy (non-hydrogen) atoms. The van der Waals surface area contributed by atoms with Crippen molar-refractivity contribution in [1.29, 1.82) is 0 Å². The van der Waals surface area contributed by atoms with E-state index in [1.165, 1.54) is 12.7 Å². The second-order valence-corrected chi connectivity index (χ2v) is 5.25. The van der Waals surface area contributed by atoms with Gasteiger partial charge in [0.05, 0.1) is 0 Å². The number of hydrogen-bond acceptors (Lipinski definition) is 4. The molecule has 0 spiro atoms. The predicted molar refractivity (Wildman–Crippen MR) is 83.1 cm³/mol. The lowest BCUT2D eigenvalue weighted by Crippen LogP contribution is -2.14. The van der Waals surface area contributed by atoms with Crippen LogP contribution in [0.2, 0.25) is 5.02 Å². The zero-order valence-electron chi connectivity index (χ0n) is 11.9. The Kier molecular flexibility index (Phi) is 4.55. The molecule has 0 fully saturated rings. The van der Waals surface area contributed by atoms with Crippen molar-refractivity contribution in [3.8, 4) is 11.5 Å². The van der Waals surface area contributed by atoms with Crippen molar-refractivity contribution >= 4 is 11.6 Å². The van der Waals surface area contributed by atoms with E-state index < -0.39 is 12.4 Å². The van der Waals surface area contributed by atoms with Crippen LogP contribution >= 0.6 is 11.6 Å². The van der Waals surface area contributed by atoms with Gasteiger partial charge < -0.3 is 9.84 Å². The number of aliphatic hydroxyl groups excluding tert-OH is 1. The first-order chi connectivity index (χ1) is 11.1. The molecule has 1 aromatic heterocycles. The highest BCUT2D eigenvalue weighted by Gasteiger charge is 2.22. The van der Waals surface area contributed by atoms with Crippen LogP contribution in [0, 0.1) is 0 Å². The first-order valence-corrected chi connectivity index (χ1v) is 7.21. The maximum absolute atomic E-state index is 14.1. The molecule has 1 heterocycles. The minimum atomic E-state index is -1.71. The van der Waals surface area contributed by atoms with Gasteiger partial charge in [-0.3, -0.25) is 0 Å². The number of alkyl halides is 1. The fourth-order valence-corrected chi connectivity index (χ4v) is 2.15. The Labute approximate surface area is 136 Å². The van der Waals surface area contributed by atoms with Crippen LogP contribution in [0.4, 0.5) is 4.39 Å². The molecule has 5 nitrogen and oxygen atoms in total. The van der Waals surface area contributed by atoms with Gasteiger partial charge in [0.2, 0.25) is 6.30 Å². The minimum Gasteiger partial charge on any atom is -0.457 e. The molecule has 118 valence electrons. The van der Waals surface area contributed by atoms with E-state index in [1.807, 2.05) is 0 Å². The summed E-state index contributed by atoms with van der Waals surface area (Å²) < 4.78 is 20.7. The number of aromatic nitrogens is 3. The van der Waals surface area contributed by atoms with Crippen molar-refractivity contribution in [3.05, 3.63) is 71.8 Å². The fraction of sp³-hybridized carbons (Fsp3) is 0.125. The molecule has 0 saturated carbocycles. The smallest absolute Gasteiger partial charge is 0.223 e. The van der Waals surface area contributed by atoms with Gasteiger partial charge in [-0.15, -0.1) is 0 Å². The maximum Gasteiger partial charge on any atom is 0.223 e. The van der Waals surface area contributed by atoms with Crippen molar-refractivity contribution in [2.24, 2.45) is 0 Å². The second kappa shape index (κ2) is 6.76. The number of benzene rings is 2. The Morgan fingerprint density at radius 1 is 1.04 bits per heavy atom. The van der Waals surface area contributed by atoms with Crippen molar-refractivity contribution in [2.45, 2.75) is 12.4 Å². The predicted octanol–water partition coefficient (Wildman–Crippen LogP) is 3.93. The molecule has 0 amide bonds. The SMILES string of the molecule is OC(c1ccc(Oc2ccc(Cl)cc2)cc1)C(F)n1cncn1. The topological polar surface area (TPSA) is 60.2 Å². The number of nitrogens with zero attached hydrogens (tertiary/aromatic N) is 3. The summed E-state index contributed by atoms with van der Waals surface area (Å²) in [6, 6.07) is 13.4. The first kappa shape index (κ1) is 15.5. The summed E-state index contributed by atoms with van der Waals surface area (Å²) in [5.74, 6) is 1.20. The van der Waals surface area contributed by atoms with Crippen molar-refractivity contribution in [3.63, 3.8) is 0 Å². The highest BCUT2D eigenvalue weighted by atomic mass is 35.5. The summed E-state index contributed by atoms with van der Waals surface area (Å²) in [6.45, 7) is 0. The molecule has 2 aromatic carbocycles. The van der Waals surface area contributed by atoms with Crippen molar-refractivity contribution in [2.75, 3.05) is 0 Å². The molecule has 0 radical (unpaired) electrons. The monoisotopic (exact) mass is 333 g/mol. The molecule has 2 atom stereocenters. The molecule has 0 aliphatic heterocycles. The van der Waals surface area contributed by atoms with Gasteiger partial charge in [-0.2, -0.15) is 5.10 Å². The molecule has 1 N–H and O–H groups in total. The van der Waals surface area contributed by atoms with E-state index in [2.05, 4.69) is 10.1 Å². The van der Waals surface area contributed by atoms with Crippen LogP contribution in [0.3, 0.4) is 0 Å². The van der Waals surface area contributed by atoms with Gasteiger partial charge in [0.25, 0.3) is 0 Å². The molecule has 0 aliphatic carbocycles. The van der Waals surface area contributed by atoms with Gasteiger partial charge in [-0.1, -0.05) is 23.7 Å². The molecular formula is C16H13ClFN3O2. The first-order valence-electron chi connectivity index (χ1n) is 6.83. The van der Waals surface area contributed by atoms with Crippen LogP contribution in [-0.2, 0) is 0 Å². The minimum absolute atomic E-state index is 0.413.